The molecular weight excluding hydrogens is 427 g/mol. The summed E-state index contributed by atoms with van der Waals surface area (Å²) in [6.45, 7) is 6.11. The van der Waals surface area contributed by atoms with Gasteiger partial charge in [0.15, 0.2) is 0 Å². The molecular formula is C28H29FN4O. The molecule has 1 saturated heterocycles. The van der Waals surface area contributed by atoms with Crippen LogP contribution in [0.15, 0.2) is 66.7 Å². The molecule has 2 heterocycles. The van der Waals surface area contributed by atoms with Crippen LogP contribution in [0.4, 0.5) is 16.0 Å². The highest BCUT2D eigenvalue weighted by molar-refractivity contribution is 5.93. The van der Waals surface area contributed by atoms with E-state index in [2.05, 4.69) is 33.8 Å². The quantitative estimate of drug-likeness (QED) is 0.419. The van der Waals surface area contributed by atoms with Gasteiger partial charge in [-0.25, -0.2) is 9.37 Å². The Morgan fingerprint density at radius 2 is 1.82 bits per heavy atom. The van der Waals surface area contributed by atoms with Gasteiger partial charge in [-0.15, -0.1) is 0 Å². The molecule has 5 rings (SSSR count). The van der Waals surface area contributed by atoms with E-state index in [-0.39, 0.29) is 17.6 Å². The summed E-state index contributed by atoms with van der Waals surface area (Å²) in [7, 11) is 0. The van der Waals surface area contributed by atoms with Gasteiger partial charge in [0.05, 0.1) is 17.6 Å². The minimum absolute atomic E-state index is 0.0296. The highest BCUT2D eigenvalue weighted by atomic mass is 19.1. The normalized spacial score (nSPS) is 14.5. The number of para-hydroxylation sites is 2. The molecule has 0 unspecified atom stereocenters. The summed E-state index contributed by atoms with van der Waals surface area (Å²) in [5, 5.41) is 3.12. The largest absolute Gasteiger partial charge is 0.342 e. The van der Waals surface area contributed by atoms with Crippen molar-refractivity contribution in [3.63, 3.8) is 0 Å². The lowest BCUT2D eigenvalue weighted by atomic mass is 9.95. The maximum Gasteiger partial charge on any atom is 0.227 e. The van der Waals surface area contributed by atoms with Gasteiger partial charge in [-0.2, -0.15) is 0 Å². The van der Waals surface area contributed by atoms with E-state index in [9.17, 15) is 9.18 Å². The monoisotopic (exact) mass is 456 g/mol. The molecule has 0 bridgehead atoms. The van der Waals surface area contributed by atoms with Gasteiger partial charge in [0.2, 0.25) is 11.9 Å². The van der Waals surface area contributed by atoms with E-state index in [0.29, 0.717) is 6.54 Å². The van der Waals surface area contributed by atoms with Crippen molar-refractivity contribution in [2.45, 2.75) is 33.2 Å². The molecule has 1 fully saturated rings. The Hall–Kier alpha value is -3.67. The second-order valence-electron chi connectivity index (χ2n) is 9.19. The first-order chi connectivity index (χ1) is 16.5. The molecule has 5 nitrogen and oxygen atoms in total. The highest BCUT2D eigenvalue weighted by Crippen LogP contribution is 2.29. The molecule has 0 spiro atoms. The molecule has 0 saturated carbocycles. The second-order valence-corrected chi connectivity index (χ2v) is 9.19. The molecule has 1 N–H and O–H groups in total. The maximum absolute atomic E-state index is 13.8. The van der Waals surface area contributed by atoms with Crippen molar-refractivity contribution in [1.29, 1.82) is 0 Å². The minimum Gasteiger partial charge on any atom is -0.342 e. The molecule has 1 aliphatic rings. The number of hydrogen-bond donors (Lipinski definition) is 1. The van der Waals surface area contributed by atoms with Crippen LogP contribution in [-0.4, -0.2) is 28.5 Å². The van der Waals surface area contributed by atoms with E-state index in [4.69, 9.17) is 4.98 Å². The zero-order valence-corrected chi connectivity index (χ0v) is 19.6. The van der Waals surface area contributed by atoms with E-state index in [1.807, 2.05) is 43.3 Å². The number of rotatable bonds is 5. The number of piperidine rings is 1. The molecule has 0 aliphatic carbocycles. The highest BCUT2D eigenvalue weighted by Gasteiger charge is 2.28. The number of hydrogen-bond acceptors (Lipinski definition) is 3. The molecule has 3 aromatic carbocycles. The fraction of sp³-hybridized carbons (Fsp3) is 0.286. The van der Waals surface area contributed by atoms with E-state index in [1.165, 1.54) is 11.6 Å². The third kappa shape index (κ3) is 4.53. The van der Waals surface area contributed by atoms with Crippen LogP contribution >= 0.6 is 0 Å². The average molecular weight is 457 g/mol. The lowest BCUT2D eigenvalue weighted by Crippen LogP contribution is -2.39. The van der Waals surface area contributed by atoms with Crippen molar-refractivity contribution in [3.8, 4) is 0 Å². The molecule has 1 aliphatic heterocycles. The first-order valence-corrected chi connectivity index (χ1v) is 11.8. The van der Waals surface area contributed by atoms with E-state index in [1.54, 1.807) is 12.1 Å². The number of fused-ring (bicyclic) bond motifs is 1. The predicted molar refractivity (Wildman–Crippen MR) is 135 cm³/mol. The van der Waals surface area contributed by atoms with Crippen molar-refractivity contribution < 1.29 is 9.18 Å². The van der Waals surface area contributed by atoms with Crippen molar-refractivity contribution in [1.82, 2.24) is 9.55 Å². The molecule has 174 valence electrons. The lowest BCUT2D eigenvalue weighted by molar-refractivity contribution is -0.120. The lowest BCUT2D eigenvalue weighted by Gasteiger charge is -2.32. The van der Waals surface area contributed by atoms with E-state index in [0.717, 1.165) is 59.7 Å². The molecule has 1 aromatic heterocycles. The van der Waals surface area contributed by atoms with Gasteiger partial charge in [0, 0.05) is 24.7 Å². The summed E-state index contributed by atoms with van der Waals surface area (Å²) >= 11 is 0. The Bertz CT molecular complexity index is 1340. The number of halogens is 1. The smallest absolute Gasteiger partial charge is 0.227 e. The fourth-order valence-electron chi connectivity index (χ4n) is 4.81. The van der Waals surface area contributed by atoms with Gasteiger partial charge in [-0.1, -0.05) is 42.0 Å². The van der Waals surface area contributed by atoms with Crippen LogP contribution < -0.4 is 10.2 Å². The topological polar surface area (TPSA) is 50.2 Å². The van der Waals surface area contributed by atoms with Gasteiger partial charge in [-0.3, -0.25) is 4.79 Å². The number of benzene rings is 3. The average Bonchev–Trinajstić information content (AvgIpc) is 3.19. The number of anilines is 2. The zero-order chi connectivity index (χ0) is 23.7. The minimum atomic E-state index is -0.237. The number of nitrogens with zero attached hydrogens (tertiary/aromatic N) is 3. The molecule has 0 atom stereocenters. The number of aryl methyl sites for hydroxylation is 2. The molecule has 34 heavy (non-hydrogen) atoms. The van der Waals surface area contributed by atoms with Gasteiger partial charge in [0.25, 0.3) is 0 Å². The summed E-state index contributed by atoms with van der Waals surface area (Å²) in [6, 6.07) is 20.8. The number of carbonyl (C=O) groups excluding carboxylic acids is 1. The van der Waals surface area contributed by atoms with Gasteiger partial charge in [-0.05, 0) is 68.1 Å². The summed E-state index contributed by atoms with van der Waals surface area (Å²) in [4.78, 5) is 20.1. The summed E-state index contributed by atoms with van der Waals surface area (Å²) in [5.41, 5.74) is 5.99. The summed E-state index contributed by atoms with van der Waals surface area (Å²) in [5.74, 6) is 0.690. The van der Waals surface area contributed by atoms with Crippen LogP contribution in [0.1, 0.15) is 29.5 Å². The number of amides is 1. The van der Waals surface area contributed by atoms with E-state index >= 15 is 0 Å². The van der Waals surface area contributed by atoms with Gasteiger partial charge >= 0.3 is 0 Å². The number of imidazole rings is 1. The van der Waals surface area contributed by atoms with Gasteiger partial charge in [0.1, 0.15) is 5.82 Å². The summed E-state index contributed by atoms with van der Waals surface area (Å²) in [6.07, 6.45) is 1.53. The predicted octanol–water partition coefficient (Wildman–Crippen LogP) is 5.70. The van der Waals surface area contributed by atoms with Crippen LogP contribution in [0, 0.1) is 25.6 Å². The Labute approximate surface area is 199 Å². The number of nitrogens with one attached hydrogen (secondary N) is 1. The SMILES string of the molecule is Cc1ccc(NC(=O)C2CCN(c3nc4ccccc4n3Cc3cccc(F)c3)CC2)c(C)c1. The molecule has 0 radical (unpaired) electrons. The van der Waals surface area contributed by atoms with Crippen LogP contribution in [0.3, 0.4) is 0 Å². The standard InChI is InChI=1S/C28H29FN4O/c1-19-10-11-24(20(2)16-19)30-27(34)22-12-14-32(15-13-22)28-31-25-8-3-4-9-26(25)33(28)18-21-6-5-7-23(29)17-21/h3-11,16-17,22H,12-15,18H2,1-2H3,(H,30,34). The molecule has 4 aromatic rings. The Kier molecular flexibility index (Phi) is 6.05. The molecule has 6 heteroatoms. The van der Waals surface area contributed by atoms with Crippen LogP contribution in [0.25, 0.3) is 11.0 Å². The van der Waals surface area contributed by atoms with Crippen molar-refractivity contribution in [3.05, 3.63) is 89.2 Å². The first kappa shape index (κ1) is 22.1. The third-order valence-electron chi connectivity index (χ3n) is 6.65. The zero-order valence-electron chi connectivity index (χ0n) is 19.6. The Morgan fingerprint density at radius 1 is 1.03 bits per heavy atom. The van der Waals surface area contributed by atoms with Crippen molar-refractivity contribution >= 4 is 28.6 Å². The fourth-order valence-corrected chi connectivity index (χ4v) is 4.81. The van der Waals surface area contributed by atoms with Crippen molar-refractivity contribution in [2.75, 3.05) is 23.3 Å². The number of carbonyl (C=O) groups is 1. The van der Waals surface area contributed by atoms with Crippen molar-refractivity contribution in [2.24, 2.45) is 5.92 Å². The second kappa shape index (κ2) is 9.29. The van der Waals surface area contributed by atoms with E-state index < -0.39 is 0 Å². The maximum atomic E-state index is 13.8. The summed E-state index contributed by atoms with van der Waals surface area (Å²) < 4.78 is 16.0. The molecule has 1 amide bonds. The van der Waals surface area contributed by atoms with Crippen LogP contribution in [0.5, 0.6) is 0 Å². The number of aromatic nitrogens is 2. The third-order valence-corrected chi connectivity index (χ3v) is 6.65. The van der Waals surface area contributed by atoms with Crippen LogP contribution in [-0.2, 0) is 11.3 Å². The Balaban J connectivity index is 1.33. The Morgan fingerprint density at radius 3 is 2.59 bits per heavy atom. The first-order valence-electron chi connectivity index (χ1n) is 11.8. The van der Waals surface area contributed by atoms with Gasteiger partial charge < -0.3 is 14.8 Å². The van der Waals surface area contributed by atoms with Crippen LogP contribution in [0.2, 0.25) is 0 Å².